The Balaban J connectivity index is 1.77. The predicted molar refractivity (Wildman–Crippen MR) is 51.9 cm³/mol. The molecule has 0 aromatic heterocycles. The van der Waals surface area contributed by atoms with E-state index >= 15 is 0 Å². The molecular formula is C10H12N2O4. The van der Waals surface area contributed by atoms with Gasteiger partial charge >= 0.3 is 11.9 Å². The smallest absolute Gasteiger partial charge is 0.354 e. The third kappa shape index (κ3) is 1.10. The van der Waals surface area contributed by atoms with Gasteiger partial charge in [-0.15, -0.1) is 0 Å². The lowest BCUT2D eigenvalue weighted by atomic mass is 9.88. The summed E-state index contributed by atoms with van der Waals surface area (Å²) in [4.78, 5) is 22.7. The number of ether oxygens (including phenoxy) is 2. The first-order valence-corrected chi connectivity index (χ1v) is 5.20. The summed E-state index contributed by atoms with van der Waals surface area (Å²) in [6.07, 6.45) is -0.130. The van der Waals surface area contributed by atoms with E-state index in [9.17, 15) is 9.59 Å². The summed E-state index contributed by atoms with van der Waals surface area (Å²) in [6, 6.07) is -0.0175. The average Bonchev–Trinajstić information content (AvgIpc) is 2.81. The number of carbonyl (C=O) groups is 2. The summed E-state index contributed by atoms with van der Waals surface area (Å²) in [5.74, 6) is -0.917. The van der Waals surface area contributed by atoms with Crippen LogP contribution in [0.4, 0.5) is 0 Å². The van der Waals surface area contributed by atoms with Gasteiger partial charge in [-0.2, -0.15) is 0 Å². The summed E-state index contributed by atoms with van der Waals surface area (Å²) in [5, 5.41) is 3.22. The van der Waals surface area contributed by atoms with Crippen LogP contribution in [0.15, 0.2) is 12.3 Å². The van der Waals surface area contributed by atoms with Gasteiger partial charge in [0.1, 0.15) is 5.70 Å². The molecule has 0 radical (unpaired) electrons. The average molecular weight is 224 g/mol. The highest BCUT2D eigenvalue weighted by Crippen LogP contribution is 2.43. The molecular weight excluding hydrogens is 212 g/mol. The maximum atomic E-state index is 11.4. The molecule has 0 amide bonds. The zero-order valence-electron chi connectivity index (χ0n) is 8.51. The van der Waals surface area contributed by atoms with Crippen molar-refractivity contribution in [2.75, 3.05) is 0 Å². The molecule has 2 bridgehead atoms. The largest absolute Gasteiger partial charge is 0.456 e. The van der Waals surface area contributed by atoms with Crippen LogP contribution in [0.3, 0.4) is 0 Å². The second kappa shape index (κ2) is 2.98. The first-order valence-electron chi connectivity index (χ1n) is 5.20. The molecule has 86 valence electrons. The highest BCUT2D eigenvalue weighted by Gasteiger charge is 2.63. The van der Waals surface area contributed by atoms with Gasteiger partial charge in [-0.1, -0.05) is 6.58 Å². The van der Waals surface area contributed by atoms with Crippen molar-refractivity contribution < 1.29 is 19.1 Å². The molecule has 0 aliphatic carbocycles. The van der Waals surface area contributed by atoms with Crippen LogP contribution in [0.2, 0.25) is 0 Å². The van der Waals surface area contributed by atoms with Crippen molar-refractivity contribution in [1.82, 2.24) is 5.32 Å². The number of rotatable bonds is 2. The van der Waals surface area contributed by atoms with E-state index in [-0.39, 0.29) is 35.8 Å². The predicted octanol–water partition coefficient (Wildman–Crippen LogP) is -1.34. The highest BCUT2D eigenvalue weighted by atomic mass is 16.6. The molecule has 6 heteroatoms. The topological polar surface area (TPSA) is 90.7 Å². The number of esters is 2. The van der Waals surface area contributed by atoms with Gasteiger partial charge in [0.15, 0.2) is 12.2 Å². The molecule has 0 spiro atoms. The minimum Gasteiger partial charge on any atom is -0.456 e. The molecule has 3 rings (SSSR count). The fraction of sp³-hybridized carbons (Fsp3) is 0.600. The van der Waals surface area contributed by atoms with E-state index < -0.39 is 12.1 Å². The maximum Gasteiger partial charge on any atom is 0.354 e. The number of hydrogen-bond acceptors (Lipinski definition) is 6. The third-order valence-electron chi connectivity index (χ3n) is 3.48. The van der Waals surface area contributed by atoms with Crippen molar-refractivity contribution in [2.45, 2.75) is 30.7 Å². The molecule has 16 heavy (non-hydrogen) atoms. The van der Waals surface area contributed by atoms with E-state index in [2.05, 4.69) is 11.9 Å². The summed E-state index contributed by atoms with van der Waals surface area (Å²) in [6.45, 7) is 3.31. The SMILES string of the molecule is C=C(N)C(=O)OC1C2CC3C(=O)OC1C3N2. The maximum absolute atomic E-state index is 11.4. The van der Waals surface area contributed by atoms with Gasteiger partial charge in [0.25, 0.3) is 0 Å². The highest BCUT2D eigenvalue weighted by molar-refractivity contribution is 5.87. The molecule has 3 aliphatic heterocycles. The van der Waals surface area contributed by atoms with Crippen LogP contribution in [0.1, 0.15) is 6.42 Å². The van der Waals surface area contributed by atoms with Crippen LogP contribution < -0.4 is 11.1 Å². The van der Waals surface area contributed by atoms with Crippen molar-refractivity contribution in [1.29, 1.82) is 0 Å². The van der Waals surface area contributed by atoms with E-state index in [1.165, 1.54) is 0 Å². The minimum absolute atomic E-state index is 0.00486. The van der Waals surface area contributed by atoms with Gasteiger partial charge in [-0.3, -0.25) is 4.79 Å². The number of nitrogens with one attached hydrogen (secondary N) is 1. The Hall–Kier alpha value is -1.56. The Labute approximate surface area is 91.8 Å². The van der Waals surface area contributed by atoms with E-state index in [0.29, 0.717) is 6.42 Å². The molecule has 3 saturated heterocycles. The first kappa shape index (κ1) is 9.65. The molecule has 5 unspecified atom stereocenters. The number of hydrogen-bond donors (Lipinski definition) is 2. The fourth-order valence-electron chi connectivity index (χ4n) is 2.79. The summed E-state index contributed by atoms with van der Waals surface area (Å²) >= 11 is 0. The Morgan fingerprint density at radius 3 is 3.06 bits per heavy atom. The molecule has 0 aromatic carbocycles. The second-order valence-corrected chi connectivity index (χ2v) is 4.44. The van der Waals surface area contributed by atoms with Crippen molar-refractivity contribution in [3.8, 4) is 0 Å². The van der Waals surface area contributed by atoms with Gasteiger partial charge < -0.3 is 20.5 Å². The Kier molecular flexibility index (Phi) is 1.79. The van der Waals surface area contributed by atoms with Crippen molar-refractivity contribution >= 4 is 11.9 Å². The zero-order chi connectivity index (χ0) is 11.4. The van der Waals surface area contributed by atoms with Crippen LogP contribution >= 0.6 is 0 Å². The van der Waals surface area contributed by atoms with Crippen molar-refractivity contribution in [3.63, 3.8) is 0 Å². The van der Waals surface area contributed by atoms with Crippen molar-refractivity contribution in [2.24, 2.45) is 11.7 Å². The van der Waals surface area contributed by atoms with Gasteiger partial charge in [-0.25, -0.2) is 4.79 Å². The quantitative estimate of drug-likeness (QED) is 0.445. The Morgan fingerprint density at radius 1 is 1.62 bits per heavy atom. The zero-order valence-corrected chi connectivity index (χ0v) is 8.51. The number of carbonyl (C=O) groups excluding carboxylic acids is 2. The first-order chi connectivity index (χ1) is 7.58. The van der Waals surface area contributed by atoms with E-state index in [0.717, 1.165) is 0 Å². The van der Waals surface area contributed by atoms with Gasteiger partial charge in [0.2, 0.25) is 0 Å². The lowest BCUT2D eigenvalue weighted by Crippen LogP contribution is -2.40. The minimum atomic E-state index is -0.640. The van der Waals surface area contributed by atoms with E-state index in [4.69, 9.17) is 15.2 Å². The van der Waals surface area contributed by atoms with E-state index in [1.54, 1.807) is 0 Å². The second-order valence-electron chi connectivity index (χ2n) is 4.44. The standard InChI is InChI=1S/C10H12N2O4/c1-3(11)9(13)15-7-5-2-4-6(12-5)8(7)16-10(4)14/h4-8,12H,1-2,11H2. The molecule has 3 N–H and O–H groups in total. The molecule has 6 nitrogen and oxygen atoms in total. The van der Waals surface area contributed by atoms with E-state index in [1.807, 2.05) is 0 Å². The summed E-state index contributed by atoms with van der Waals surface area (Å²) in [7, 11) is 0. The van der Waals surface area contributed by atoms with Crippen LogP contribution in [0.25, 0.3) is 0 Å². The van der Waals surface area contributed by atoms with Crippen LogP contribution in [-0.2, 0) is 19.1 Å². The lowest BCUT2D eigenvalue weighted by Gasteiger charge is -2.23. The monoisotopic (exact) mass is 224 g/mol. The number of nitrogens with two attached hydrogens (primary N) is 1. The Bertz CT molecular complexity index is 394. The molecule has 3 heterocycles. The lowest BCUT2D eigenvalue weighted by molar-refractivity contribution is -0.156. The summed E-state index contributed by atoms with van der Waals surface area (Å²) in [5.41, 5.74) is 5.10. The van der Waals surface area contributed by atoms with Crippen molar-refractivity contribution in [3.05, 3.63) is 12.3 Å². The molecule has 0 aromatic rings. The fourth-order valence-corrected chi connectivity index (χ4v) is 2.79. The van der Waals surface area contributed by atoms with Gasteiger partial charge in [0, 0.05) is 6.04 Å². The van der Waals surface area contributed by atoms with Crippen LogP contribution in [-0.4, -0.2) is 36.2 Å². The molecule has 0 saturated carbocycles. The van der Waals surface area contributed by atoms with Gasteiger partial charge in [0.05, 0.1) is 12.0 Å². The molecule has 3 fully saturated rings. The van der Waals surface area contributed by atoms with Gasteiger partial charge in [-0.05, 0) is 6.42 Å². The molecule has 3 aliphatic rings. The number of fused-ring (bicyclic) bond motifs is 1. The normalized spacial score (nSPS) is 43.2. The molecule has 5 atom stereocenters. The third-order valence-corrected chi connectivity index (χ3v) is 3.48. The van der Waals surface area contributed by atoms with Crippen LogP contribution in [0.5, 0.6) is 0 Å². The summed E-state index contributed by atoms with van der Waals surface area (Å²) < 4.78 is 10.4. The Morgan fingerprint density at radius 2 is 2.38 bits per heavy atom. The van der Waals surface area contributed by atoms with Crippen LogP contribution in [0, 0.1) is 5.92 Å².